The highest BCUT2D eigenvalue weighted by atomic mass is 35.5. The molecule has 7 heteroatoms. The number of anilines is 1. The highest BCUT2D eigenvalue weighted by Gasteiger charge is 2.18. The predicted molar refractivity (Wildman–Crippen MR) is 81.1 cm³/mol. The fourth-order valence-electron chi connectivity index (χ4n) is 1.68. The van der Waals surface area contributed by atoms with E-state index in [0.717, 1.165) is 0 Å². The van der Waals surface area contributed by atoms with Crippen LogP contribution in [0.3, 0.4) is 0 Å². The van der Waals surface area contributed by atoms with Crippen molar-refractivity contribution in [2.45, 2.75) is 26.4 Å². The van der Waals surface area contributed by atoms with Crippen LogP contribution < -0.4 is 10.6 Å². The molecule has 21 heavy (non-hydrogen) atoms. The van der Waals surface area contributed by atoms with Gasteiger partial charge in [0.15, 0.2) is 0 Å². The molecule has 2 amide bonds. The van der Waals surface area contributed by atoms with E-state index in [1.807, 2.05) is 20.8 Å². The second-order valence-corrected chi connectivity index (χ2v) is 5.41. The molecule has 0 aromatic heterocycles. The molecule has 0 fully saturated rings. The van der Waals surface area contributed by atoms with Crippen molar-refractivity contribution in [2.24, 2.45) is 0 Å². The van der Waals surface area contributed by atoms with Gasteiger partial charge in [-0.1, -0.05) is 11.6 Å². The van der Waals surface area contributed by atoms with Gasteiger partial charge >= 0.3 is 12.0 Å². The van der Waals surface area contributed by atoms with Crippen molar-refractivity contribution in [2.75, 3.05) is 18.5 Å². The summed E-state index contributed by atoms with van der Waals surface area (Å²) in [7, 11) is 0. The number of nitrogens with one attached hydrogen (secondary N) is 2. The van der Waals surface area contributed by atoms with Crippen LogP contribution in [0.5, 0.6) is 0 Å². The number of aromatic carboxylic acids is 1. The van der Waals surface area contributed by atoms with Crippen molar-refractivity contribution < 1.29 is 19.4 Å². The fraction of sp³-hybridized carbons (Fsp3) is 0.429. The highest BCUT2D eigenvalue weighted by molar-refractivity contribution is 6.33. The summed E-state index contributed by atoms with van der Waals surface area (Å²) < 4.78 is 5.46. The van der Waals surface area contributed by atoms with Crippen molar-refractivity contribution in [3.05, 3.63) is 28.8 Å². The molecule has 0 bridgehead atoms. The number of rotatable bonds is 6. The maximum absolute atomic E-state index is 11.8. The van der Waals surface area contributed by atoms with E-state index in [1.165, 1.54) is 18.2 Å². The number of hydrogen-bond donors (Lipinski definition) is 3. The minimum Gasteiger partial charge on any atom is -0.478 e. The van der Waals surface area contributed by atoms with Gasteiger partial charge in [-0.25, -0.2) is 9.59 Å². The van der Waals surface area contributed by atoms with Crippen LogP contribution in [0, 0.1) is 0 Å². The van der Waals surface area contributed by atoms with Crippen LogP contribution in [-0.4, -0.2) is 35.9 Å². The Morgan fingerprint density at radius 2 is 2.05 bits per heavy atom. The van der Waals surface area contributed by atoms with Crippen LogP contribution in [0.1, 0.15) is 31.1 Å². The maximum atomic E-state index is 11.8. The molecule has 0 atom stereocenters. The molecule has 0 saturated heterocycles. The fourth-order valence-corrected chi connectivity index (χ4v) is 1.88. The minimum atomic E-state index is -1.15. The number of hydrogen-bond acceptors (Lipinski definition) is 3. The van der Waals surface area contributed by atoms with Crippen LogP contribution in [-0.2, 0) is 4.74 Å². The van der Waals surface area contributed by atoms with E-state index in [1.54, 1.807) is 0 Å². The third-order valence-corrected chi connectivity index (χ3v) is 2.99. The number of carboxylic acids is 1. The zero-order chi connectivity index (χ0) is 16.0. The SMILES string of the molecule is CCOC(C)(C)CNC(=O)Nc1ccc(Cl)c(C(=O)O)c1. The van der Waals surface area contributed by atoms with Gasteiger partial charge in [0.1, 0.15) is 0 Å². The van der Waals surface area contributed by atoms with Crippen LogP contribution in [0.15, 0.2) is 18.2 Å². The summed E-state index contributed by atoms with van der Waals surface area (Å²) in [6, 6.07) is 3.81. The standard InChI is InChI=1S/C14H19ClN2O4/c1-4-21-14(2,3)8-16-13(20)17-9-5-6-11(15)10(7-9)12(18)19/h5-7H,4,8H2,1-3H3,(H,18,19)(H2,16,17,20). The van der Waals surface area contributed by atoms with Gasteiger partial charge < -0.3 is 20.5 Å². The monoisotopic (exact) mass is 314 g/mol. The first-order chi connectivity index (χ1) is 9.75. The maximum Gasteiger partial charge on any atom is 0.337 e. The van der Waals surface area contributed by atoms with Gasteiger partial charge in [-0.3, -0.25) is 0 Å². The van der Waals surface area contributed by atoms with Crippen molar-refractivity contribution in [3.63, 3.8) is 0 Å². The molecule has 0 aliphatic rings. The smallest absolute Gasteiger partial charge is 0.337 e. The molecule has 0 aliphatic heterocycles. The summed E-state index contributed by atoms with van der Waals surface area (Å²) in [6.45, 7) is 6.48. The van der Waals surface area contributed by atoms with Gasteiger partial charge in [-0.05, 0) is 39.0 Å². The van der Waals surface area contributed by atoms with E-state index >= 15 is 0 Å². The Morgan fingerprint density at radius 3 is 2.62 bits per heavy atom. The van der Waals surface area contributed by atoms with E-state index < -0.39 is 17.6 Å². The zero-order valence-corrected chi connectivity index (χ0v) is 13.0. The van der Waals surface area contributed by atoms with Gasteiger partial charge in [0.25, 0.3) is 0 Å². The minimum absolute atomic E-state index is 0.0656. The number of halogens is 1. The van der Waals surface area contributed by atoms with E-state index in [2.05, 4.69) is 10.6 Å². The number of amides is 2. The summed E-state index contributed by atoms with van der Waals surface area (Å²) in [5.41, 5.74) is -0.189. The highest BCUT2D eigenvalue weighted by Crippen LogP contribution is 2.20. The molecule has 1 aromatic carbocycles. The van der Waals surface area contributed by atoms with E-state index in [-0.39, 0.29) is 10.6 Å². The largest absolute Gasteiger partial charge is 0.478 e. The summed E-state index contributed by atoms with van der Waals surface area (Å²) in [5.74, 6) is -1.15. The van der Waals surface area contributed by atoms with Crippen LogP contribution in [0.4, 0.5) is 10.5 Å². The molecule has 0 radical (unpaired) electrons. The molecule has 0 heterocycles. The third-order valence-electron chi connectivity index (χ3n) is 2.66. The second kappa shape index (κ2) is 7.28. The summed E-state index contributed by atoms with van der Waals surface area (Å²) in [5, 5.41) is 14.3. The first-order valence-corrected chi connectivity index (χ1v) is 6.84. The Kier molecular flexibility index (Phi) is 5.99. The Hall–Kier alpha value is -1.79. The summed E-state index contributed by atoms with van der Waals surface area (Å²) in [6.07, 6.45) is 0. The number of urea groups is 1. The van der Waals surface area contributed by atoms with Crippen molar-refractivity contribution in [3.8, 4) is 0 Å². The van der Waals surface area contributed by atoms with Gasteiger partial charge in [-0.2, -0.15) is 0 Å². The number of carbonyl (C=O) groups is 2. The molecule has 1 aromatic rings. The Bertz CT molecular complexity index is 532. The van der Waals surface area contributed by atoms with Gasteiger partial charge in [0.2, 0.25) is 0 Å². The normalized spacial score (nSPS) is 11.0. The predicted octanol–water partition coefficient (Wildman–Crippen LogP) is 2.97. The molecule has 3 N–H and O–H groups in total. The van der Waals surface area contributed by atoms with Crippen LogP contribution >= 0.6 is 11.6 Å². The first kappa shape index (κ1) is 17.3. The van der Waals surface area contributed by atoms with E-state index in [0.29, 0.717) is 18.8 Å². The topological polar surface area (TPSA) is 87.7 Å². The van der Waals surface area contributed by atoms with Gasteiger partial charge in [-0.15, -0.1) is 0 Å². The Labute approximate surface area is 128 Å². The van der Waals surface area contributed by atoms with Crippen LogP contribution in [0.2, 0.25) is 5.02 Å². The lowest BCUT2D eigenvalue weighted by molar-refractivity contribution is -0.00663. The third kappa shape index (κ3) is 5.61. The summed E-state index contributed by atoms with van der Waals surface area (Å²) in [4.78, 5) is 22.7. The Balaban J connectivity index is 2.63. The molecule has 116 valence electrons. The average Bonchev–Trinajstić information content (AvgIpc) is 2.38. The quantitative estimate of drug-likeness (QED) is 0.753. The summed E-state index contributed by atoms with van der Waals surface area (Å²) >= 11 is 5.76. The average molecular weight is 315 g/mol. The lowest BCUT2D eigenvalue weighted by Gasteiger charge is -2.24. The van der Waals surface area contributed by atoms with Crippen molar-refractivity contribution in [1.82, 2.24) is 5.32 Å². The Morgan fingerprint density at radius 1 is 1.38 bits per heavy atom. The lowest BCUT2D eigenvalue weighted by Crippen LogP contribution is -2.42. The van der Waals surface area contributed by atoms with E-state index in [9.17, 15) is 9.59 Å². The second-order valence-electron chi connectivity index (χ2n) is 5.00. The zero-order valence-electron chi connectivity index (χ0n) is 12.2. The molecule has 6 nitrogen and oxygen atoms in total. The number of ether oxygens (including phenoxy) is 1. The van der Waals surface area contributed by atoms with E-state index in [4.69, 9.17) is 21.4 Å². The number of carboxylic acid groups (broad SMARTS) is 1. The van der Waals surface area contributed by atoms with Crippen molar-refractivity contribution >= 4 is 29.3 Å². The number of carbonyl (C=O) groups excluding carboxylic acids is 1. The molecule has 0 unspecified atom stereocenters. The van der Waals surface area contributed by atoms with Crippen molar-refractivity contribution in [1.29, 1.82) is 0 Å². The van der Waals surface area contributed by atoms with Crippen LogP contribution in [0.25, 0.3) is 0 Å². The van der Waals surface area contributed by atoms with Gasteiger partial charge in [0, 0.05) is 18.8 Å². The molecule has 0 spiro atoms. The molecular formula is C14H19ClN2O4. The first-order valence-electron chi connectivity index (χ1n) is 6.47. The van der Waals surface area contributed by atoms with Gasteiger partial charge in [0.05, 0.1) is 16.2 Å². The number of benzene rings is 1. The molecule has 0 aliphatic carbocycles. The molecule has 0 saturated carbocycles. The molecule has 1 rings (SSSR count). The molecular weight excluding hydrogens is 296 g/mol. The lowest BCUT2D eigenvalue weighted by atomic mass is 10.1.